The van der Waals surface area contributed by atoms with E-state index in [-0.39, 0.29) is 10.5 Å². The number of carbonyl (C=O) groups is 1. The highest BCUT2D eigenvalue weighted by atomic mass is 32.2. The lowest BCUT2D eigenvalue weighted by Gasteiger charge is -2.30. The topological polar surface area (TPSA) is 75.3 Å². The average molecular weight is 525 g/mol. The summed E-state index contributed by atoms with van der Waals surface area (Å²) >= 11 is 0. The van der Waals surface area contributed by atoms with Crippen molar-refractivity contribution in [3.63, 3.8) is 0 Å². The van der Waals surface area contributed by atoms with Crippen LogP contribution in [0.25, 0.3) is 11.1 Å². The first-order chi connectivity index (χ1) is 16.5. The van der Waals surface area contributed by atoms with E-state index in [0.717, 1.165) is 6.26 Å². The van der Waals surface area contributed by atoms with Crippen molar-refractivity contribution in [2.24, 2.45) is 0 Å². The maximum atomic E-state index is 14.4. The maximum Gasteiger partial charge on any atom is 0.407 e. The maximum absolute atomic E-state index is 14.4. The molecular formula is C26H28F4N2O3S. The summed E-state index contributed by atoms with van der Waals surface area (Å²) in [4.78, 5) is 12.9. The molecule has 0 bridgehead atoms. The molecule has 1 fully saturated rings. The zero-order chi connectivity index (χ0) is 26.9. The SMILES string of the molecule is C#CC1(NC(=O)C(CC(C)(C)F)NC(c2ccc(-c3ccc(S(C)(=O)=O)cc3)cc2)C(F)(F)F)CC1. The zero-order valence-corrected chi connectivity index (χ0v) is 20.9. The van der Waals surface area contributed by atoms with Gasteiger partial charge in [0.2, 0.25) is 5.91 Å². The van der Waals surface area contributed by atoms with Crippen molar-refractivity contribution in [1.29, 1.82) is 0 Å². The summed E-state index contributed by atoms with van der Waals surface area (Å²) in [6.07, 6.45) is 2.26. The Morgan fingerprint density at radius 3 is 1.92 bits per heavy atom. The van der Waals surface area contributed by atoms with Crippen LogP contribution in [0, 0.1) is 12.3 Å². The van der Waals surface area contributed by atoms with Gasteiger partial charge in [0, 0.05) is 12.7 Å². The first-order valence-electron chi connectivity index (χ1n) is 11.2. The average Bonchev–Trinajstić information content (AvgIpc) is 3.54. The summed E-state index contributed by atoms with van der Waals surface area (Å²) in [6, 6.07) is 7.72. The molecule has 2 unspecified atom stereocenters. The van der Waals surface area contributed by atoms with Crippen molar-refractivity contribution < 1.29 is 30.8 Å². The second-order valence-electron chi connectivity index (χ2n) is 9.75. The van der Waals surface area contributed by atoms with Gasteiger partial charge in [0.25, 0.3) is 0 Å². The third kappa shape index (κ3) is 7.08. The molecule has 194 valence electrons. The fraction of sp³-hybridized carbons (Fsp3) is 0.423. The van der Waals surface area contributed by atoms with Gasteiger partial charge < -0.3 is 5.32 Å². The molecule has 0 saturated heterocycles. The van der Waals surface area contributed by atoms with Crippen LogP contribution in [0.4, 0.5) is 17.6 Å². The number of hydrogen-bond donors (Lipinski definition) is 2. The van der Waals surface area contributed by atoms with Crippen molar-refractivity contribution in [3.8, 4) is 23.5 Å². The second kappa shape index (κ2) is 9.87. The largest absolute Gasteiger partial charge is 0.407 e. The van der Waals surface area contributed by atoms with Gasteiger partial charge in [0.05, 0.1) is 10.9 Å². The van der Waals surface area contributed by atoms with Crippen LogP contribution in [-0.4, -0.2) is 44.0 Å². The summed E-state index contributed by atoms with van der Waals surface area (Å²) in [5, 5.41) is 4.89. The van der Waals surface area contributed by atoms with E-state index in [1.807, 2.05) is 0 Å². The van der Waals surface area contributed by atoms with E-state index in [4.69, 9.17) is 6.42 Å². The summed E-state index contributed by atoms with van der Waals surface area (Å²) in [7, 11) is -3.38. The highest BCUT2D eigenvalue weighted by Gasteiger charge is 2.47. The molecule has 0 spiro atoms. The first kappa shape index (κ1) is 27.7. The zero-order valence-electron chi connectivity index (χ0n) is 20.1. The fourth-order valence-electron chi connectivity index (χ4n) is 3.81. The molecule has 1 aliphatic carbocycles. The Morgan fingerprint density at radius 1 is 1.03 bits per heavy atom. The van der Waals surface area contributed by atoms with E-state index < -0.39 is 51.6 Å². The molecule has 2 aromatic carbocycles. The molecule has 2 aromatic rings. The molecule has 3 rings (SSSR count). The Labute approximate surface area is 208 Å². The van der Waals surface area contributed by atoms with Crippen LogP contribution in [0.5, 0.6) is 0 Å². The van der Waals surface area contributed by atoms with Crippen molar-refractivity contribution in [2.45, 2.75) is 67.5 Å². The van der Waals surface area contributed by atoms with Crippen LogP contribution in [0.3, 0.4) is 0 Å². The number of hydrogen-bond acceptors (Lipinski definition) is 4. The van der Waals surface area contributed by atoms with Crippen LogP contribution < -0.4 is 10.6 Å². The fourth-order valence-corrected chi connectivity index (χ4v) is 4.44. The van der Waals surface area contributed by atoms with Gasteiger partial charge in [-0.25, -0.2) is 12.8 Å². The number of alkyl halides is 4. The van der Waals surface area contributed by atoms with Gasteiger partial charge in [-0.15, -0.1) is 6.42 Å². The van der Waals surface area contributed by atoms with E-state index in [1.54, 1.807) is 12.1 Å². The van der Waals surface area contributed by atoms with Gasteiger partial charge in [-0.2, -0.15) is 13.2 Å². The molecule has 36 heavy (non-hydrogen) atoms. The number of rotatable bonds is 9. The summed E-state index contributed by atoms with van der Waals surface area (Å²) in [6.45, 7) is 2.38. The molecule has 10 heteroatoms. The van der Waals surface area contributed by atoms with E-state index in [2.05, 4.69) is 16.6 Å². The minimum absolute atomic E-state index is 0.127. The van der Waals surface area contributed by atoms with Crippen LogP contribution in [0.2, 0.25) is 0 Å². The lowest BCUT2D eigenvalue weighted by molar-refractivity contribution is -0.161. The first-order valence-corrected chi connectivity index (χ1v) is 13.1. The predicted octanol–water partition coefficient (Wildman–Crippen LogP) is 4.74. The molecular weight excluding hydrogens is 496 g/mol. The van der Waals surface area contributed by atoms with E-state index in [0.29, 0.717) is 24.0 Å². The number of carbonyl (C=O) groups excluding carboxylic acids is 1. The number of amides is 1. The molecule has 1 saturated carbocycles. The second-order valence-corrected chi connectivity index (χ2v) is 11.8. The van der Waals surface area contributed by atoms with Crippen molar-refractivity contribution in [2.75, 3.05) is 6.26 Å². The Bertz CT molecular complexity index is 1240. The van der Waals surface area contributed by atoms with Crippen molar-refractivity contribution >= 4 is 15.7 Å². The molecule has 0 heterocycles. The highest BCUT2D eigenvalue weighted by Crippen LogP contribution is 2.37. The standard InChI is InChI=1S/C26H28F4N2O3S/c1-5-25(14-15-25)32-23(33)21(16-24(2,3)27)31-22(26(28,29)30)19-8-6-17(7-9-19)18-10-12-20(13-11-18)36(4,34)35/h1,6-13,21-22,31H,14-16H2,2-4H3,(H,32,33). The summed E-state index contributed by atoms with van der Waals surface area (Å²) in [5.41, 5.74) is -1.78. The Balaban J connectivity index is 1.86. The smallest absolute Gasteiger partial charge is 0.338 e. The Hall–Kier alpha value is -2.90. The van der Waals surface area contributed by atoms with E-state index >= 15 is 0 Å². The van der Waals surface area contributed by atoms with Crippen LogP contribution >= 0.6 is 0 Å². The molecule has 0 radical (unpaired) electrons. The van der Waals surface area contributed by atoms with Crippen LogP contribution in [-0.2, 0) is 14.6 Å². The van der Waals surface area contributed by atoms with Crippen molar-refractivity contribution in [1.82, 2.24) is 10.6 Å². The third-order valence-electron chi connectivity index (χ3n) is 5.95. The lowest BCUT2D eigenvalue weighted by atomic mass is 9.96. The van der Waals surface area contributed by atoms with Gasteiger partial charge in [-0.05, 0) is 55.5 Å². The van der Waals surface area contributed by atoms with Gasteiger partial charge in [0.15, 0.2) is 9.84 Å². The normalized spacial score (nSPS) is 17.1. The highest BCUT2D eigenvalue weighted by molar-refractivity contribution is 7.90. The molecule has 2 N–H and O–H groups in total. The molecule has 0 aromatic heterocycles. The molecule has 1 aliphatic rings. The third-order valence-corrected chi connectivity index (χ3v) is 7.08. The van der Waals surface area contributed by atoms with Gasteiger partial charge >= 0.3 is 6.18 Å². The number of halogens is 4. The van der Waals surface area contributed by atoms with Gasteiger partial charge in [0.1, 0.15) is 17.2 Å². The number of sulfone groups is 1. The van der Waals surface area contributed by atoms with Gasteiger partial charge in [-0.1, -0.05) is 42.3 Å². The molecule has 2 atom stereocenters. The van der Waals surface area contributed by atoms with E-state index in [9.17, 15) is 30.8 Å². The Kier molecular flexibility index (Phi) is 7.59. The minimum atomic E-state index is -4.78. The minimum Gasteiger partial charge on any atom is -0.338 e. The lowest BCUT2D eigenvalue weighted by Crippen LogP contribution is -2.53. The summed E-state index contributed by atoms with van der Waals surface area (Å²) < 4.78 is 80.0. The number of nitrogens with one attached hydrogen (secondary N) is 2. The molecule has 0 aliphatic heterocycles. The summed E-state index contributed by atoms with van der Waals surface area (Å²) in [5.74, 6) is 1.66. The van der Waals surface area contributed by atoms with Crippen molar-refractivity contribution in [3.05, 3.63) is 54.1 Å². The Morgan fingerprint density at radius 2 is 1.53 bits per heavy atom. The number of benzene rings is 2. The molecule has 5 nitrogen and oxygen atoms in total. The van der Waals surface area contributed by atoms with E-state index in [1.165, 1.54) is 50.2 Å². The van der Waals surface area contributed by atoms with Crippen LogP contribution in [0.1, 0.15) is 44.7 Å². The van der Waals surface area contributed by atoms with Crippen LogP contribution in [0.15, 0.2) is 53.4 Å². The predicted molar refractivity (Wildman–Crippen MR) is 129 cm³/mol. The quantitative estimate of drug-likeness (QED) is 0.367. The van der Waals surface area contributed by atoms with Gasteiger partial charge in [-0.3, -0.25) is 10.1 Å². The number of terminal acetylenes is 1. The molecule has 1 amide bonds. The monoisotopic (exact) mass is 524 g/mol.